The smallest absolute Gasteiger partial charge is 0 e. The van der Waals surface area contributed by atoms with Crippen molar-refractivity contribution in [1.29, 1.82) is 0 Å². The maximum absolute atomic E-state index is 0. The van der Waals surface area contributed by atoms with Crippen LogP contribution < -0.4 is 0 Å². The molecule has 0 aliphatic carbocycles. The van der Waals surface area contributed by atoms with Crippen molar-refractivity contribution in [2.75, 3.05) is 0 Å². The fraction of sp³-hybridized carbons (Fsp3) is 0. The molecule has 6 N–H and O–H groups in total. The van der Waals surface area contributed by atoms with E-state index in [1.807, 2.05) is 0 Å². The zero-order valence-corrected chi connectivity index (χ0v) is 6.16. The van der Waals surface area contributed by atoms with E-state index in [-0.39, 0.29) is 57.7 Å². The molecule has 0 heterocycles. The minimum absolute atomic E-state index is 0. The van der Waals surface area contributed by atoms with Crippen LogP contribution in [0.15, 0.2) is 0 Å². The summed E-state index contributed by atoms with van der Waals surface area (Å²) in [6.07, 6.45) is 0. The predicted molar refractivity (Wildman–Crippen MR) is 16.6 cm³/mol. The molecular weight excluding hydrogens is 236 g/mol. The van der Waals surface area contributed by atoms with Crippen molar-refractivity contribution >= 4 is 18.9 Å². The summed E-state index contributed by atoms with van der Waals surface area (Å²) in [6.45, 7) is 0. The van der Waals surface area contributed by atoms with Crippen molar-refractivity contribution in [3.63, 3.8) is 0 Å². The zero-order chi connectivity index (χ0) is 0. The molecule has 0 fully saturated rings. The second kappa shape index (κ2) is 62.6. The third-order valence-electron chi connectivity index (χ3n) is 0. The summed E-state index contributed by atoms with van der Waals surface area (Å²) in [6, 6.07) is 0. The Bertz CT molecular complexity index is 6.85. The van der Waals surface area contributed by atoms with Gasteiger partial charge < -0.3 is 16.4 Å². The monoisotopic (exact) mass is 242 g/mol. The second-order valence-corrected chi connectivity index (χ2v) is 0. The average molecular weight is 242 g/mol. The van der Waals surface area contributed by atoms with Crippen molar-refractivity contribution < 1.29 is 38.8 Å². The van der Waals surface area contributed by atoms with E-state index >= 15 is 0 Å². The zero-order valence-electron chi connectivity index (χ0n) is 2.95. The molecule has 5 heteroatoms. The van der Waals surface area contributed by atoms with Crippen molar-refractivity contribution in [1.82, 2.24) is 0 Å². The second-order valence-electron chi connectivity index (χ2n) is 0. The van der Waals surface area contributed by atoms with Gasteiger partial charge in [0.15, 0.2) is 0 Å². The van der Waals surface area contributed by atoms with E-state index in [0.29, 0.717) is 0 Å². The van der Waals surface area contributed by atoms with Crippen molar-refractivity contribution in [2.24, 2.45) is 0 Å². The Morgan fingerprint density at radius 1 is 0.600 bits per heavy atom. The topological polar surface area (TPSA) is 94.5 Å². The normalized spacial score (nSPS) is 0. The summed E-state index contributed by atoms with van der Waals surface area (Å²) in [4.78, 5) is 0. The number of hydrogen-bond donors (Lipinski definition) is 0. The van der Waals surface area contributed by atoms with Crippen LogP contribution in [0.1, 0.15) is 0 Å². The van der Waals surface area contributed by atoms with Gasteiger partial charge in [-0.15, -0.1) is 0 Å². The van der Waals surface area contributed by atoms with Crippen LogP contribution in [-0.2, 0) is 22.4 Å². The summed E-state index contributed by atoms with van der Waals surface area (Å²) in [5.41, 5.74) is 0. The largest absolute Gasteiger partial charge is 0.412 e. The van der Waals surface area contributed by atoms with Crippen LogP contribution in [0.2, 0.25) is 0 Å². The Morgan fingerprint density at radius 3 is 0.600 bits per heavy atom. The Balaban J connectivity index is 0. The summed E-state index contributed by atoms with van der Waals surface area (Å²) >= 11 is 0. The van der Waals surface area contributed by atoms with Crippen LogP contribution in [0.4, 0.5) is 0 Å². The van der Waals surface area contributed by atoms with Gasteiger partial charge in [-0.1, -0.05) is 0 Å². The molecule has 0 spiro atoms. The van der Waals surface area contributed by atoms with Gasteiger partial charge in [0.05, 0.1) is 0 Å². The third-order valence-corrected chi connectivity index (χ3v) is 0. The predicted octanol–water partition coefficient (Wildman–Crippen LogP) is -2.86. The van der Waals surface area contributed by atoms with Gasteiger partial charge in [0, 0.05) is 41.2 Å². The van der Waals surface area contributed by atoms with E-state index in [0.717, 1.165) is 0 Å². The molecule has 0 amide bonds. The van der Waals surface area contributed by atoms with E-state index in [2.05, 4.69) is 0 Å². The molecular formula is H6LiO3Ta. The fourth-order valence-corrected chi connectivity index (χ4v) is 0. The van der Waals surface area contributed by atoms with Crippen molar-refractivity contribution in [2.45, 2.75) is 0 Å². The van der Waals surface area contributed by atoms with E-state index in [1.165, 1.54) is 0 Å². The Labute approximate surface area is 57.7 Å². The average Bonchev–Trinajstić information content (AvgIpc) is 0. The van der Waals surface area contributed by atoms with Gasteiger partial charge in [-0.2, -0.15) is 0 Å². The molecule has 0 unspecified atom stereocenters. The first-order valence-corrected chi connectivity index (χ1v) is 0. The molecule has 0 atom stereocenters. The molecule has 0 bridgehead atoms. The van der Waals surface area contributed by atoms with E-state index in [1.54, 1.807) is 0 Å². The fourth-order valence-electron chi connectivity index (χ4n) is 0. The quantitative estimate of drug-likeness (QED) is 0.408. The molecule has 0 aliphatic rings. The maximum atomic E-state index is 0. The van der Waals surface area contributed by atoms with Gasteiger partial charge in [0.25, 0.3) is 0 Å². The van der Waals surface area contributed by atoms with Gasteiger partial charge in [-0.25, -0.2) is 0 Å². The van der Waals surface area contributed by atoms with E-state index < -0.39 is 0 Å². The first kappa shape index (κ1) is 114. The Kier molecular flexibility index (Phi) is 1430. The Hall–Kier alpha value is 1.22. The van der Waals surface area contributed by atoms with Crippen LogP contribution in [0.3, 0.4) is 0 Å². The van der Waals surface area contributed by atoms with Crippen LogP contribution in [0.5, 0.6) is 0 Å². The SMILES string of the molecule is O.O.O.[Li].[Ta]. The number of hydrogen-bond acceptors (Lipinski definition) is 0. The summed E-state index contributed by atoms with van der Waals surface area (Å²) in [7, 11) is 0. The Morgan fingerprint density at radius 2 is 0.600 bits per heavy atom. The maximum Gasteiger partial charge on any atom is 0 e. The molecule has 2 radical (unpaired) electrons. The summed E-state index contributed by atoms with van der Waals surface area (Å²) < 4.78 is 0. The molecule has 0 aromatic rings. The van der Waals surface area contributed by atoms with Crippen molar-refractivity contribution in [3.05, 3.63) is 0 Å². The molecule has 5 heavy (non-hydrogen) atoms. The van der Waals surface area contributed by atoms with E-state index in [4.69, 9.17) is 0 Å². The minimum Gasteiger partial charge on any atom is -0.412 e. The summed E-state index contributed by atoms with van der Waals surface area (Å²) in [5.74, 6) is 0. The molecule has 30 valence electrons. The van der Waals surface area contributed by atoms with Gasteiger partial charge in [0.2, 0.25) is 0 Å². The van der Waals surface area contributed by atoms with Crippen molar-refractivity contribution in [3.8, 4) is 0 Å². The van der Waals surface area contributed by atoms with Gasteiger partial charge in [-0.05, 0) is 0 Å². The van der Waals surface area contributed by atoms with E-state index in [9.17, 15) is 0 Å². The first-order chi connectivity index (χ1) is 0. The van der Waals surface area contributed by atoms with Crippen LogP contribution in [0.25, 0.3) is 0 Å². The molecule has 3 nitrogen and oxygen atoms in total. The summed E-state index contributed by atoms with van der Waals surface area (Å²) in [5, 5.41) is 0. The molecule has 0 aromatic heterocycles. The van der Waals surface area contributed by atoms with Gasteiger partial charge >= 0.3 is 0 Å². The third kappa shape index (κ3) is 36.4. The van der Waals surface area contributed by atoms with Crippen LogP contribution in [-0.4, -0.2) is 35.3 Å². The first-order valence-electron chi connectivity index (χ1n) is 0. The number of rotatable bonds is 0. The molecule has 0 saturated carbocycles. The molecule has 0 aliphatic heterocycles. The van der Waals surface area contributed by atoms with Gasteiger partial charge in [-0.3, -0.25) is 0 Å². The molecule has 0 saturated heterocycles. The molecule has 0 aromatic carbocycles. The minimum atomic E-state index is 0. The molecule has 0 rings (SSSR count). The standard InChI is InChI=1S/Li.3H2O.Ta/h;3*1H2;. The van der Waals surface area contributed by atoms with Crippen LogP contribution >= 0.6 is 0 Å². The van der Waals surface area contributed by atoms with Crippen LogP contribution in [0, 0.1) is 0 Å². The van der Waals surface area contributed by atoms with Gasteiger partial charge in [0.1, 0.15) is 0 Å².